The van der Waals surface area contributed by atoms with Crippen LogP contribution in [-0.2, 0) is 22.6 Å². The summed E-state index contributed by atoms with van der Waals surface area (Å²) in [6.45, 7) is 0.259. The topological polar surface area (TPSA) is 91.9 Å². The summed E-state index contributed by atoms with van der Waals surface area (Å²) in [4.78, 5) is 27.7. The highest BCUT2D eigenvalue weighted by Crippen LogP contribution is 2.07. The van der Waals surface area contributed by atoms with Gasteiger partial charge in [-0.2, -0.15) is 0 Å². The standard InChI is InChI=1S/C14H13N5O3/c1-22-11(20)8-18-9-15-13-12(14(18)21)16-17-19(13)7-10-5-3-2-4-6-10/h2-6,9H,7-8H2,1H3. The van der Waals surface area contributed by atoms with Crippen LogP contribution < -0.4 is 5.56 Å². The lowest BCUT2D eigenvalue weighted by Crippen LogP contribution is -2.25. The maximum atomic E-state index is 12.2. The molecule has 0 atom stereocenters. The zero-order valence-corrected chi connectivity index (χ0v) is 11.8. The molecule has 0 amide bonds. The molecule has 1 aromatic carbocycles. The molecule has 8 heteroatoms. The van der Waals surface area contributed by atoms with Crippen LogP contribution in [0.1, 0.15) is 5.56 Å². The van der Waals surface area contributed by atoms with E-state index in [1.54, 1.807) is 4.68 Å². The summed E-state index contributed by atoms with van der Waals surface area (Å²) in [5.41, 5.74) is 1.11. The summed E-state index contributed by atoms with van der Waals surface area (Å²) in [6, 6.07) is 9.67. The summed E-state index contributed by atoms with van der Waals surface area (Å²) >= 11 is 0. The van der Waals surface area contributed by atoms with Gasteiger partial charge in [0.25, 0.3) is 5.56 Å². The van der Waals surface area contributed by atoms with Gasteiger partial charge < -0.3 is 4.74 Å². The third kappa shape index (κ3) is 2.58. The summed E-state index contributed by atoms with van der Waals surface area (Å²) < 4.78 is 7.24. The summed E-state index contributed by atoms with van der Waals surface area (Å²) in [6.07, 6.45) is 1.30. The van der Waals surface area contributed by atoms with Crippen LogP contribution >= 0.6 is 0 Å². The van der Waals surface area contributed by atoms with E-state index in [1.807, 2.05) is 30.3 Å². The first kappa shape index (κ1) is 13.9. The van der Waals surface area contributed by atoms with Gasteiger partial charge >= 0.3 is 5.97 Å². The number of rotatable bonds is 4. The van der Waals surface area contributed by atoms with Crippen LogP contribution in [0.15, 0.2) is 41.5 Å². The Labute approximate surface area is 125 Å². The molecule has 8 nitrogen and oxygen atoms in total. The van der Waals surface area contributed by atoms with Crippen molar-refractivity contribution >= 4 is 17.1 Å². The van der Waals surface area contributed by atoms with Crippen molar-refractivity contribution in [2.45, 2.75) is 13.1 Å². The van der Waals surface area contributed by atoms with Crippen LogP contribution in [0.3, 0.4) is 0 Å². The third-order valence-corrected chi connectivity index (χ3v) is 3.19. The number of fused-ring (bicyclic) bond motifs is 1. The van der Waals surface area contributed by atoms with Crippen LogP contribution in [0.4, 0.5) is 0 Å². The molecule has 0 saturated heterocycles. The molecule has 0 saturated carbocycles. The molecule has 0 aliphatic heterocycles. The quantitative estimate of drug-likeness (QED) is 0.639. The number of methoxy groups -OCH3 is 1. The number of aromatic nitrogens is 5. The van der Waals surface area contributed by atoms with Gasteiger partial charge in [-0.1, -0.05) is 35.5 Å². The Balaban J connectivity index is 1.97. The number of nitrogens with zero attached hydrogens (tertiary/aromatic N) is 5. The van der Waals surface area contributed by atoms with Crippen LogP contribution in [0.25, 0.3) is 11.2 Å². The van der Waals surface area contributed by atoms with Gasteiger partial charge in [0, 0.05) is 0 Å². The third-order valence-electron chi connectivity index (χ3n) is 3.19. The first-order valence-corrected chi connectivity index (χ1v) is 6.58. The van der Waals surface area contributed by atoms with Gasteiger partial charge in [-0.3, -0.25) is 14.2 Å². The van der Waals surface area contributed by atoms with Crippen LogP contribution in [0, 0.1) is 0 Å². The minimum atomic E-state index is -0.528. The van der Waals surface area contributed by atoms with Gasteiger partial charge in [-0.15, -0.1) is 5.10 Å². The first-order chi connectivity index (χ1) is 10.7. The molecule has 0 radical (unpaired) electrons. The van der Waals surface area contributed by atoms with Crippen molar-refractivity contribution in [3.63, 3.8) is 0 Å². The predicted molar refractivity (Wildman–Crippen MR) is 77.1 cm³/mol. The van der Waals surface area contributed by atoms with Crippen LogP contribution in [0.5, 0.6) is 0 Å². The minimum absolute atomic E-state index is 0.127. The number of carbonyl (C=O) groups is 1. The lowest BCUT2D eigenvalue weighted by Gasteiger charge is -2.04. The van der Waals surface area contributed by atoms with Gasteiger partial charge in [0.05, 0.1) is 13.7 Å². The summed E-state index contributed by atoms with van der Waals surface area (Å²) in [7, 11) is 1.26. The zero-order valence-electron chi connectivity index (χ0n) is 11.8. The van der Waals surface area contributed by atoms with E-state index in [0.29, 0.717) is 12.2 Å². The number of hydrogen-bond donors (Lipinski definition) is 0. The molecule has 0 N–H and O–H groups in total. The fourth-order valence-corrected chi connectivity index (χ4v) is 2.07. The Morgan fingerprint density at radius 2 is 2.05 bits per heavy atom. The van der Waals surface area contributed by atoms with Crippen molar-refractivity contribution in [3.05, 3.63) is 52.6 Å². The second-order valence-corrected chi connectivity index (χ2v) is 4.66. The molecule has 0 bridgehead atoms. The summed E-state index contributed by atoms with van der Waals surface area (Å²) in [5, 5.41) is 7.84. The molecule has 0 aliphatic carbocycles. The van der Waals surface area contributed by atoms with Crippen molar-refractivity contribution in [1.82, 2.24) is 24.5 Å². The van der Waals surface area contributed by atoms with Crippen molar-refractivity contribution in [1.29, 1.82) is 0 Å². The Bertz CT molecular complexity index is 869. The van der Waals surface area contributed by atoms with E-state index >= 15 is 0 Å². The molecule has 0 unspecified atom stereocenters. The molecule has 3 rings (SSSR count). The van der Waals surface area contributed by atoms with E-state index < -0.39 is 11.5 Å². The molecule has 0 spiro atoms. The Hall–Kier alpha value is -3.03. The van der Waals surface area contributed by atoms with Gasteiger partial charge in [-0.25, -0.2) is 9.67 Å². The van der Waals surface area contributed by atoms with Crippen LogP contribution in [0.2, 0.25) is 0 Å². The van der Waals surface area contributed by atoms with Gasteiger partial charge in [-0.05, 0) is 5.56 Å². The number of benzene rings is 1. The fraction of sp³-hybridized carbons (Fsp3) is 0.214. The van der Waals surface area contributed by atoms with E-state index in [1.165, 1.54) is 13.4 Å². The van der Waals surface area contributed by atoms with Gasteiger partial charge in [0.2, 0.25) is 0 Å². The monoisotopic (exact) mass is 299 g/mol. The van der Waals surface area contributed by atoms with E-state index in [4.69, 9.17) is 0 Å². The second kappa shape index (κ2) is 5.76. The Morgan fingerprint density at radius 3 is 2.77 bits per heavy atom. The second-order valence-electron chi connectivity index (χ2n) is 4.66. The highest BCUT2D eigenvalue weighted by Gasteiger charge is 2.13. The molecule has 2 heterocycles. The smallest absolute Gasteiger partial charge is 0.325 e. The fourth-order valence-electron chi connectivity index (χ4n) is 2.07. The molecule has 2 aromatic heterocycles. The van der Waals surface area contributed by atoms with Crippen LogP contribution in [-0.4, -0.2) is 37.6 Å². The Kier molecular flexibility index (Phi) is 3.65. The molecular formula is C14H13N5O3. The van der Waals surface area contributed by atoms with Gasteiger partial charge in [0.15, 0.2) is 11.2 Å². The zero-order chi connectivity index (χ0) is 15.5. The Morgan fingerprint density at radius 1 is 1.27 bits per heavy atom. The van der Waals surface area contributed by atoms with Crippen molar-refractivity contribution < 1.29 is 9.53 Å². The first-order valence-electron chi connectivity index (χ1n) is 6.58. The van der Waals surface area contributed by atoms with E-state index in [0.717, 1.165) is 10.1 Å². The number of carbonyl (C=O) groups excluding carboxylic acids is 1. The minimum Gasteiger partial charge on any atom is -0.468 e. The van der Waals surface area contributed by atoms with E-state index in [2.05, 4.69) is 20.0 Å². The largest absolute Gasteiger partial charge is 0.468 e. The average Bonchev–Trinajstić information content (AvgIpc) is 2.94. The molecule has 112 valence electrons. The highest BCUT2D eigenvalue weighted by atomic mass is 16.5. The van der Waals surface area contributed by atoms with E-state index in [9.17, 15) is 9.59 Å². The lowest BCUT2D eigenvalue weighted by atomic mass is 10.2. The molecule has 0 fully saturated rings. The van der Waals surface area contributed by atoms with Gasteiger partial charge in [0.1, 0.15) is 12.9 Å². The maximum Gasteiger partial charge on any atom is 0.325 e. The SMILES string of the molecule is COC(=O)Cn1cnc2c(nnn2Cc2ccccc2)c1=O. The van der Waals surface area contributed by atoms with Crippen molar-refractivity contribution in [3.8, 4) is 0 Å². The van der Waals surface area contributed by atoms with Crippen molar-refractivity contribution in [2.75, 3.05) is 7.11 Å². The number of ether oxygens (including phenoxy) is 1. The van der Waals surface area contributed by atoms with E-state index in [-0.39, 0.29) is 12.1 Å². The average molecular weight is 299 g/mol. The molecular weight excluding hydrogens is 286 g/mol. The van der Waals surface area contributed by atoms with Crippen molar-refractivity contribution in [2.24, 2.45) is 0 Å². The highest BCUT2D eigenvalue weighted by molar-refractivity contribution is 5.71. The maximum absolute atomic E-state index is 12.2. The predicted octanol–water partition coefficient (Wildman–Crippen LogP) is 0.209. The molecule has 3 aromatic rings. The molecule has 0 aliphatic rings. The normalized spacial score (nSPS) is 10.8. The number of esters is 1. The summed E-state index contributed by atoms with van der Waals surface area (Å²) in [5.74, 6) is -0.528. The lowest BCUT2D eigenvalue weighted by molar-refractivity contribution is -0.141. The molecule has 22 heavy (non-hydrogen) atoms. The number of hydrogen-bond acceptors (Lipinski definition) is 6.